The molecule has 0 bridgehead atoms. The van der Waals surface area contributed by atoms with Gasteiger partial charge in [-0.3, -0.25) is 19.7 Å². The second kappa shape index (κ2) is 7.97. The molecule has 0 saturated carbocycles. The molecule has 32 heavy (non-hydrogen) atoms. The number of aliphatic carboxylic acids is 1. The lowest BCUT2D eigenvalue weighted by molar-refractivity contribution is -0.142. The molecule has 2 aromatic rings. The van der Waals surface area contributed by atoms with E-state index in [0.29, 0.717) is 17.1 Å². The molecule has 4 atom stereocenters. The third kappa shape index (κ3) is 3.25. The summed E-state index contributed by atoms with van der Waals surface area (Å²) >= 11 is 0. The van der Waals surface area contributed by atoms with Crippen LogP contribution in [0, 0.1) is 11.8 Å². The van der Waals surface area contributed by atoms with Gasteiger partial charge in [-0.25, -0.2) is 9.69 Å². The molecule has 10 nitrogen and oxygen atoms in total. The van der Waals surface area contributed by atoms with Gasteiger partial charge in [0.1, 0.15) is 17.5 Å². The van der Waals surface area contributed by atoms with Crippen LogP contribution in [-0.2, 0) is 14.4 Å². The van der Waals surface area contributed by atoms with Crippen LogP contribution in [0.3, 0.4) is 0 Å². The number of methoxy groups -OCH3 is 2. The maximum absolute atomic E-state index is 13.4. The molecule has 2 aliphatic heterocycles. The van der Waals surface area contributed by atoms with Crippen molar-refractivity contribution in [2.24, 2.45) is 11.8 Å². The largest absolute Gasteiger partial charge is 0.497 e. The fourth-order valence-electron chi connectivity index (χ4n) is 4.44. The van der Waals surface area contributed by atoms with E-state index in [2.05, 4.69) is 5.32 Å². The van der Waals surface area contributed by atoms with E-state index in [9.17, 15) is 29.4 Å². The number of hydrogen-bond acceptors (Lipinski definition) is 7. The summed E-state index contributed by atoms with van der Waals surface area (Å²) < 4.78 is 10.7. The summed E-state index contributed by atoms with van der Waals surface area (Å²) in [7, 11) is 2.91. The van der Waals surface area contributed by atoms with E-state index >= 15 is 0 Å². The van der Waals surface area contributed by atoms with Gasteiger partial charge in [-0.15, -0.1) is 0 Å². The number of carboxylic acid groups (broad SMARTS) is 2. The van der Waals surface area contributed by atoms with Gasteiger partial charge in [-0.2, -0.15) is 0 Å². The van der Waals surface area contributed by atoms with Gasteiger partial charge in [-0.05, 0) is 36.4 Å². The summed E-state index contributed by atoms with van der Waals surface area (Å²) in [4.78, 5) is 50.9. The molecular weight excluding hydrogens is 420 g/mol. The molecule has 0 aromatic heterocycles. The summed E-state index contributed by atoms with van der Waals surface area (Å²) in [6.07, 6.45) is 0. The third-order valence-corrected chi connectivity index (χ3v) is 5.86. The number of nitrogens with one attached hydrogen (secondary N) is 1. The van der Waals surface area contributed by atoms with E-state index in [0.717, 1.165) is 4.90 Å². The first-order valence-electron chi connectivity index (χ1n) is 9.70. The third-order valence-electron chi connectivity index (χ3n) is 5.86. The molecule has 0 spiro atoms. The highest BCUT2D eigenvalue weighted by Gasteiger charge is 2.61. The lowest BCUT2D eigenvalue weighted by atomic mass is 9.86. The second-order valence-electron chi connectivity index (χ2n) is 7.49. The van der Waals surface area contributed by atoms with Crippen molar-refractivity contribution in [2.45, 2.75) is 12.1 Å². The number of amides is 2. The quantitative estimate of drug-likeness (QED) is 0.567. The van der Waals surface area contributed by atoms with Gasteiger partial charge in [0.25, 0.3) is 0 Å². The fourth-order valence-corrected chi connectivity index (χ4v) is 4.44. The zero-order valence-electron chi connectivity index (χ0n) is 17.1. The number of carbonyl (C=O) groups excluding carboxylic acids is 2. The Balaban J connectivity index is 1.81. The average molecular weight is 440 g/mol. The standard InChI is InChI=1S/C22H20N2O8/c1-31-12-6-7-14(32-2)13(9-12)17-15-16(18(23-17)22(29)30)20(26)24(19(15)25)11-5-3-4-10(8-11)21(27)28/h3-9,15-18,23H,1-2H3,(H,27,28)(H,29,30)/t15-,16+,17+,18+/m1/s1. The highest BCUT2D eigenvalue weighted by Crippen LogP contribution is 2.47. The Labute approximate surface area is 182 Å². The predicted octanol–water partition coefficient (Wildman–Crippen LogP) is 1.31. The number of fused-ring (bicyclic) bond motifs is 1. The van der Waals surface area contributed by atoms with E-state index in [1.165, 1.54) is 38.5 Å². The van der Waals surface area contributed by atoms with Crippen molar-refractivity contribution in [3.05, 3.63) is 53.6 Å². The summed E-state index contributed by atoms with van der Waals surface area (Å²) in [5.41, 5.74) is 0.460. The van der Waals surface area contributed by atoms with Crippen LogP contribution in [0.25, 0.3) is 0 Å². The van der Waals surface area contributed by atoms with Crippen LogP contribution >= 0.6 is 0 Å². The van der Waals surface area contributed by atoms with E-state index < -0.39 is 47.7 Å². The van der Waals surface area contributed by atoms with Crippen LogP contribution in [0.4, 0.5) is 5.69 Å². The minimum atomic E-state index is -1.31. The van der Waals surface area contributed by atoms with Crippen molar-refractivity contribution < 1.29 is 38.9 Å². The van der Waals surface area contributed by atoms with Gasteiger partial charge in [0, 0.05) is 11.6 Å². The number of hydrogen-bond donors (Lipinski definition) is 3. The molecule has 10 heteroatoms. The van der Waals surface area contributed by atoms with E-state index in [1.807, 2.05) is 0 Å². The molecule has 2 amide bonds. The first kappa shape index (κ1) is 21.3. The van der Waals surface area contributed by atoms with Crippen LogP contribution in [0.15, 0.2) is 42.5 Å². The first-order valence-corrected chi connectivity index (χ1v) is 9.70. The predicted molar refractivity (Wildman–Crippen MR) is 110 cm³/mol. The molecule has 166 valence electrons. The van der Waals surface area contributed by atoms with Crippen LogP contribution in [-0.4, -0.2) is 54.2 Å². The first-order chi connectivity index (χ1) is 15.3. The Morgan fingerprint density at radius 1 is 0.969 bits per heavy atom. The molecule has 2 aromatic carbocycles. The van der Waals surface area contributed by atoms with E-state index in [4.69, 9.17) is 9.47 Å². The van der Waals surface area contributed by atoms with Crippen molar-refractivity contribution in [2.75, 3.05) is 19.1 Å². The Kier molecular flexibility index (Phi) is 5.31. The highest BCUT2D eigenvalue weighted by molar-refractivity contribution is 6.24. The zero-order valence-corrected chi connectivity index (χ0v) is 17.1. The Bertz CT molecular complexity index is 1130. The number of aromatic carboxylic acids is 1. The zero-order chi connectivity index (χ0) is 23.2. The summed E-state index contributed by atoms with van der Waals surface area (Å²) in [5.74, 6) is -5.13. The van der Waals surface area contributed by atoms with Crippen molar-refractivity contribution in [1.82, 2.24) is 5.32 Å². The second-order valence-corrected chi connectivity index (χ2v) is 7.49. The number of imide groups is 1. The minimum Gasteiger partial charge on any atom is -0.497 e. The molecule has 4 rings (SSSR count). The lowest BCUT2D eigenvalue weighted by Gasteiger charge is -2.23. The Hall–Kier alpha value is -3.92. The molecule has 3 N–H and O–H groups in total. The average Bonchev–Trinajstić information content (AvgIpc) is 3.30. The monoisotopic (exact) mass is 440 g/mol. The molecule has 0 radical (unpaired) electrons. The van der Waals surface area contributed by atoms with Crippen LogP contribution < -0.4 is 19.7 Å². The number of anilines is 1. The van der Waals surface area contributed by atoms with Crippen LogP contribution in [0.1, 0.15) is 22.0 Å². The molecule has 2 heterocycles. The molecule has 0 unspecified atom stereocenters. The summed E-state index contributed by atoms with van der Waals surface area (Å²) in [6.45, 7) is 0. The SMILES string of the molecule is COc1ccc(OC)c([C@@H]2N[C@H](C(=O)O)[C@H]3C(=O)N(c4cccc(C(=O)O)c4)C(=O)[C@H]32)c1. The highest BCUT2D eigenvalue weighted by atomic mass is 16.5. The molecule has 0 aliphatic carbocycles. The maximum atomic E-state index is 13.4. The van der Waals surface area contributed by atoms with Crippen molar-refractivity contribution in [1.29, 1.82) is 0 Å². The molecule has 2 aliphatic rings. The maximum Gasteiger partial charge on any atom is 0.335 e. The number of ether oxygens (including phenoxy) is 2. The van der Waals surface area contributed by atoms with Gasteiger partial charge in [-0.1, -0.05) is 6.07 Å². The van der Waals surface area contributed by atoms with Crippen molar-refractivity contribution in [3.63, 3.8) is 0 Å². The fraction of sp³-hybridized carbons (Fsp3) is 0.273. The van der Waals surface area contributed by atoms with Gasteiger partial charge in [0.05, 0.1) is 37.3 Å². The Morgan fingerprint density at radius 3 is 2.31 bits per heavy atom. The Morgan fingerprint density at radius 2 is 1.69 bits per heavy atom. The van der Waals surface area contributed by atoms with Gasteiger partial charge >= 0.3 is 11.9 Å². The molecule has 2 saturated heterocycles. The number of rotatable bonds is 6. The van der Waals surface area contributed by atoms with E-state index in [1.54, 1.807) is 18.2 Å². The van der Waals surface area contributed by atoms with Crippen LogP contribution in [0.5, 0.6) is 11.5 Å². The van der Waals surface area contributed by atoms with Gasteiger partial charge in [0.2, 0.25) is 11.8 Å². The topological polar surface area (TPSA) is 142 Å². The normalized spacial score (nSPS) is 24.4. The molecular formula is C22H20N2O8. The van der Waals surface area contributed by atoms with Crippen LogP contribution in [0.2, 0.25) is 0 Å². The lowest BCUT2D eigenvalue weighted by Crippen LogP contribution is -2.43. The minimum absolute atomic E-state index is 0.0785. The summed E-state index contributed by atoms with van der Waals surface area (Å²) in [5, 5.41) is 21.9. The van der Waals surface area contributed by atoms with Crippen molar-refractivity contribution in [3.8, 4) is 11.5 Å². The number of carboxylic acids is 2. The van der Waals surface area contributed by atoms with Crippen molar-refractivity contribution >= 4 is 29.4 Å². The van der Waals surface area contributed by atoms with Gasteiger partial charge in [0.15, 0.2) is 0 Å². The molecule has 2 fully saturated rings. The summed E-state index contributed by atoms with van der Waals surface area (Å²) in [6, 6.07) is 8.18. The number of carbonyl (C=O) groups is 4. The number of nitrogens with zero attached hydrogens (tertiary/aromatic N) is 1. The van der Waals surface area contributed by atoms with Gasteiger partial charge < -0.3 is 19.7 Å². The van der Waals surface area contributed by atoms with E-state index in [-0.39, 0.29) is 11.3 Å². The number of benzene rings is 2. The smallest absolute Gasteiger partial charge is 0.335 e.